The van der Waals surface area contributed by atoms with Crippen molar-refractivity contribution in [1.82, 2.24) is 4.90 Å². The summed E-state index contributed by atoms with van der Waals surface area (Å²) in [5.74, 6) is 0.674. The van der Waals surface area contributed by atoms with Crippen molar-refractivity contribution >= 4 is 17.3 Å². The zero-order valence-corrected chi connectivity index (χ0v) is 13.2. The largest absolute Gasteiger partial charge is 0.397 e. The lowest BCUT2D eigenvalue weighted by atomic mass is 10.0. The molecule has 1 rings (SSSR count). The van der Waals surface area contributed by atoms with Gasteiger partial charge < -0.3 is 16.0 Å². The van der Waals surface area contributed by atoms with E-state index in [0.717, 1.165) is 12.1 Å². The van der Waals surface area contributed by atoms with E-state index in [2.05, 4.69) is 26.1 Å². The normalized spacial score (nSPS) is 12.3. The fraction of sp³-hybridized carbons (Fsp3) is 0.562. The number of nitrogen functional groups attached to an aromatic ring is 1. The lowest BCUT2D eigenvalue weighted by Gasteiger charge is -2.18. The van der Waals surface area contributed by atoms with Crippen LogP contribution in [0.5, 0.6) is 0 Å². The molecule has 1 aromatic carbocycles. The van der Waals surface area contributed by atoms with Gasteiger partial charge in [-0.1, -0.05) is 13.8 Å². The smallest absolute Gasteiger partial charge is 0.253 e. The van der Waals surface area contributed by atoms with E-state index in [1.807, 2.05) is 12.1 Å². The Morgan fingerprint density at radius 3 is 2.40 bits per heavy atom. The van der Waals surface area contributed by atoms with Crippen molar-refractivity contribution in [3.05, 3.63) is 23.8 Å². The van der Waals surface area contributed by atoms with Gasteiger partial charge in [0.25, 0.3) is 5.91 Å². The summed E-state index contributed by atoms with van der Waals surface area (Å²) in [5, 5.41) is 3.41. The second kappa shape index (κ2) is 7.17. The second-order valence-corrected chi connectivity index (χ2v) is 6.02. The van der Waals surface area contributed by atoms with Crippen LogP contribution in [0.25, 0.3) is 0 Å². The molecule has 0 saturated heterocycles. The van der Waals surface area contributed by atoms with Gasteiger partial charge in [0.2, 0.25) is 0 Å². The average Bonchev–Trinajstić information content (AvgIpc) is 2.37. The van der Waals surface area contributed by atoms with E-state index in [0.29, 0.717) is 23.2 Å². The molecule has 0 aliphatic carbocycles. The molecule has 0 fully saturated rings. The minimum Gasteiger partial charge on any atom is -0.397 e. The third-order valence-electron chi connectivity index (χ3n) is 3.28. The summed E-state index contributed by atoms with van der Waals surface area (Å²) in [6, 6.07) is 5.81. The summed E-state index contributed by atoms with van der Waals surface area (Å²) in [5.41, 5.74) is 8.17. The quantitative estimate of drug-likeness (QED) is 0.785. The lowest BCUT2D eigenvalue weighted by molar-refractivity contribution is 0.0827. The Bertz CT molecular complexity index is 455. The summed E-state index contributed by atoms with van der Waals surface area (Å²) in [6.07, 6.45) is 2.29. The van der Waals surface area contributed by atoms with E-state index >= 15 is 0 Å². The van der Waals surface area contributed by atoms with Gasteiger partial charge in [-0.3, -0.25) is 4.79 Å². The second-order valence-electron chi connectivity index (χ2n) is 6.02. The van der Waals surface area contributed by atoms with Crippen molar-refractivity contribution in [2.45, 2.75) is 39.7 Å². The van der Waals surface area contributed by atoms with Crippen molar-refractivity contribution in [1.29, 1.82) is 0 Å². The van der Waals surface area contributed by atoms with Gasteiger partial charge in [0.05, 0.1) is 11.4 Å². The Morgan fingerprint density at radius 2 is 1.90 bits per heavy atom. The first kappa shape index (κ1) is 16.3. The molecule has 1 aromatic rings. The van der Waals surface area contributed by atoms with Gasteiger partial charge in [0.1, 0.15) is 0 Å². The van der Waals surface area contributed by atoms with Gasteiger partial charge in [-0.25, -0.2) is 0 Å². The zero-order valence-electron chi connectivity index (χ0n) is 13.2. The molecule has 1 amide bonds. The number of anilines is 2. The molecule has 0 aliphatic heterocycles. The first-order valence-corrected chi connectivity index (χ1v) is 7.19. The molecular weight excluding hydrogens is 250 g/mol. The van der Waals surface area contributed by atoms with Gasteiger partial charge in [-0.2, -0.15) is 0 Å². The average molecular weight is 277 g/mol. The van der Waals surface area contributed by atoms with Crippen LogP contribution in [0.1, 0.15) is 44.0 Å². The number of nitrogens with two attached hydrogens (primary N) is 1. The van der Waals surface area contributed by atoms with Gasteiger partial charge in [0, 0.05) is 25.7 Å². The molecule has 4 nitrogen and oxygen atoms in total. The summed E-state index contributed by atoms with van der Waals surface area (Å²) < 4.78 is 0. The van der Waals surface area contributed by atoms with E-state index in [9.17, 15) is 4.79 Å². The van der Waals surface area contributed by atoms with Crippen LogP contribution < -0.4 is 11.1 Å². The molecule has 0 aromatic heterocycles. The predicted octanol–water partition coefficient (Wildman–Crippen LogP) is 3.21. The molecule has 0 heterocycles. The maximum absolute atomic E-state index is 11.9. The number of amides is 1. The zero-order chi connectivity index (χ0) is 15.3. The van der Waals surface area contributed by atoms with Gasteiger partial charge in [0.15, 0.2) is 0 Å². The van der Waals surface area contributed by atoms with E-state index in [1.165, 1.54) is 6.42 Å². The van der Waals surface area contributed by atoms with Gasteiger partial charge >= 0.3 is 0 Å². The first-order valence-electron chi connectivity index (χ1n) is 7.19. The number of carbonyl (C=O) groups excluding carboxylic acids is 1. The van der Waals surface area contributed by atoms with Crippen LogP contribution in [0.4, 0.5) is 11.4 Å². The predicted molar refractivity (Wildman–Crippen MR) is 86.0 cm³/mol. The summed E-state index contributed by atoms with van der Waals surface area (Å²) in [6.45, 7) is 6.60. The molecule has 0 saturated carbocycles. The van der Waals surface area contributed by atoms with Crippen molar-refractivity contribution in [3.8, 4) is 0 Å². The first-order chi connectivity index (χ1) is 9.31. The molecule has 20 heavy (non-hydrogen) atoms. The summed E-state index contributed by atoms with van der Waals surface area (Å²) in [4.78, 5) is 13.4. The number of rotatable bonds is 6. The van der Waals surface area contributed by atoms with E-state index in [-0.39, 0.29) is 5.91 Å². The van der Waals surface area contributed by atoms with Crippen LogP contribution in [0.3, 0.4) is 0 Å². The van der Waals surface area contributed by atoms with Crippen molar-refractivity contribution < 1.29 is 4.79 Å². The lowest BCUT2D eigenvalue weighted by Crippen LogP contribution is -2.22. The number of nitrogens with zero attached hydrogens (tertiary/aromatic N) is 1. The van der Waals surface area contributed by atoms with E-state index < -0.39 is 0 Å². The van der Waals surface area contributed by atoms with Gasteiger partial charge in [-0.05, 0) is 43.9 Å². The molecule has 0 radical (unpaired) electrons. The molecular formula is C16H27N3O. The molecule has 1 unspecified atom stereocenters. The van der Waals surface area contributed by atoms with E-state index in [1.54, 1.807) is 25.1 Å². The van der Waals surface area contributed by atoms with Crippen LogP contribution >= 0.6 is 0 Å². The molecule has 3 N–H and O–H groups in total. The highest BCUT2D eigenvalue weighted by molar-refractivity contribution is 5.95. The highest BCUT2D eigenvalue weighted by atomic mass is 16.2. The molecule has 4 heteroatoms. The minimum absolute atomic E-state index is 0.0314. The SMILES string of the molecule is CC(C)CCC(C)Nc1ccc(C(=O)N(C)C)cc1N. The fourth-order valence-corrected chi connectivity index (χ4v) is 2.01. The number of hydrogen-bond acceptors (Lipinski definition) is 3. The Hall–Kier alpha value is -1.71. The highest BCUT2D eigenvalue weighted by Gasteiger charge is 2.11. The Balaban J connectivity index is 2.71. The highest BCUT2D eigenvalue weighted by Crippen LogP contribution is 2.22. The van der Waals surface area contributed by atoms with Crippen LogP contribution in [-0.2, 0) is 0 Å². The number of benzene rings is 1. The minimum atomic E-state index is -0.0314. The third-order valence-corrected chi connectivity index (χ3v) is 3.28. The molecule has 0 aliphatic rings. The maximum Gasteiger partial charge on any atom is 0.253 e. The Labute approximate surface area is 122 Å². The van der Waals surface area contributed by atoms with Crippen LogP contribution in [0.2, 0.25) is 0 Å². The summed E-state index contributed by atoms with van der Waals surface area (Å²) in [7, 11) is 3.47. The fourth-order valence-electron chi connectivity index (χ4n) is 2.01. The van der Waals surface area contributed by atoms with E-state index in [4.69, 9.17) is 5.73 Å². The van der Waals surface area contributed by atoms with Crippen LogP contribution in [0, 0.1) is 5.92 Å². The van der Waals surface area contributed by atoms with Crippen LogP contribution in [-0.4, -0.2) is 30.9 Å². The van der Waals surface area contributed by atoms with Crippen molar-refractivity contribution in [3.63, 3.8) is 0 Å². The Morgan fingerprint density at radius 1 is 1.25 bits per heavy atom. The van der Waals surface area contributed by atoms with Crippen LogP contribution in [0.15, 0.2) is 18.2 Å². The number of hydrogen-bond donors (Lipinski definition) is 2. The molecule has 1 atom stereocenters. The number of nitrogens with one attached hydrogen (secondary N) is 1. The van der Waals surface area contributed by atoms with Crippen molar-refractivity contribution in [2.24, 2.45) is 5.92 Å². The standard InChI is InChI=1S/C16H27N3O/c1-11(2)6-7-12(3)18-15-9-8-13(10-14(15)17)16(20)19(4)5/h8-12,18H,6-7,17H2,1-5H3. The number of carbonyl (C=O) groups is 1. The molecule has 0 spiro atoms. The summed E-state index contributed by atoms with van der Waals surface area (Å²) >= 11 is 0. The Kier molecular flexibility index (Phi) is 5.86. The topological polar surface area (TPSA) is 58.4 Å². The third kappa shape index (κ3) is 4.76. The molecule has 112 valence electrons. The monoisotopic (exact) mass is 277 g/mol. The van der Waals surface area contributed by atoms with Crippen molar-refractivity contribution in [2.75, 3.05) is 25.1 Å². The maximum atomic E-state index is 11.9. The molecule has 0 bridgehead atoms. The van der Waals surface area contributed by atoms with Gasteiger partial charge in [-0.15, -0.1) is 0 Å².